The number of rotatable bonds is 5. The highest BCUT2D eigenvalue weighted by Gasteiger charge is 2.31. The number of aromatic nitrogens is 3. The maximum atomic E-state index is 12.3. The monoisotopic (exact) mass is 392 g/mol. The number of alkyl halides is 3. The minimum absolute atomic E-state index is 0.0117. The largest absolute Gasteiger partial charge is 0.573 e. The van der Waals surface area contributed by atoms with Crippen molar-refractivity contribution >= 4 is 11.6 Å². The smallest absolute Gasteiger partial charge is 0.406 e. The first kappa shape index (κ1) is 19.3. The molecule has 0 fully saturated rings. The summed E-state index contributed by atoms with van der Waals surface area (Å²) in [7, 11) is 0. The summed E-state index contributed by atoms with van der Waals surface area (Å²) in [6.45, 7) is 1.66. The second-order valence-corrected chi connectivity index (χ2v) is 5.96. The van der Waals surface area contributed by atoms with Gasteiger partial charge in [0.25, 0.3) is 5.56 Å². The van der Waals surface area contributed by atoms with Crippen molar-refractivity contribution in [2.24, 2.45) is 0 Å². The van der Waals surface area contributed by atoms with Crippen LogP contribution in [-0.4, -0.2) is 26.9 Å². The molecule has 1 N–H and O–H groups in total. The van der Waals surface area contributed by atoms with Crippen molar-refractivity contribution in [1.82, 2.24) is 19.9 Å². The van der Waals surface area contributed by atoms with Crippen molar-refractivity contribution in [2.75, 3.05) is 0 Å². The number of hydrogen-bond acceptors (Lipinski definition) is 5. The number of fused-ring (bicyclic) bond motifs is 1. The quantitative estimate of drug-likeness (QED) is 0.721. The van der Waals surface area contributed by atoms with Crippen LogP contribution in [0.2, 0.25) is 0 Å². The van der Waals surface area contributed by atoms with Gasteiger partial charge in [0.15, 0.2) is 5.65 Å². The van der Waals surface area contributed by atoms with E-state index in [1.165, 1.54) is 22.7 Å². The van der Waals surface area contributed by atoms with Gasteiger partial charge in [-0.15, -0.1) is 23.4 Å². The van der Waals surface area contributed by atoms with Crippen molar-refractivity contribution < 1.29 is 22.7 Å². The molecule has 0 aliphatic heterocycles. The van der Waals surface area contributed by atoms with Gasteiger partial charge in [-0.2, -0.15) is 0 Å². The summed E-state index contributed by atoms with van der Waals surface area (Å²) < 4.78 is 41.7. The minimum Gasteiger partial charge on any atom is -0.406 e. The Morgan fingerprint density at radius 2 is 1.89 bits per heavy atom. The van der Waals surface area contributed by atoms with Gasteiger partial charge in [-0.25, -0.2) is 0 Å². The second-order valence-electron chi connectivity index (χ2n) is 5.96. The van der Waals surface area contributed by atoms with Gasteiger partial charge in [-0.3, -0.25) is 14.0 Å². The summed E-state index contributed by atoms with van der Waals surface area (Å²) >= 11 is 0. The van der Waals surface area contributed by atoms with Gasteiger partial charge >= 0.3 is 6.36 Å². The summed E-state index contributed by atoms with van der Waals surface area (Å²) in [5.74, 6) is -0.820. The predicted molar refractivity (Wildman–Crippen MR) is 92.6 cm³/mol. The van der Waals surface area contributed by atoms with Crippen LogP contribution in [0.3, 0.4) is 0 Å². The molecule has 1 atom stereocenters. The number of benzene rings is 1. The second kappa shape index (κ2) is 7.67. The molecule has 7 nitrogen and oxygen atoms in total. The number of ether oxygens (including phenoxy) is 1. The molecular formula is C18H15F3N4O3. The van der Waals surface area contributed by atoms with Gasteiger partial charge < -0.3 is 10.1 Å². The summed E-state index contributed by atoms with van der Waals surface area (Å²) in [6.07, 6.45) is -3.51. The fourth-order valence-electron chi connectivity index (χ4n) is 2.58. The van der Waals surface area contributed by atoms with Crippen molar-refractivity contribution in [3.63, 3.8) is 0 Å². The van der Waals surface area contributed by atoms with Crippen LogP contribution in [0.1, 0.15) is 24.2 Å². The lowest BCUT2D eigenvalue weighted by atomic mass is 10.1. The lowest BCUT2D eigenvalue weighted by Gasteiger charge is -2.15. The maximum Gasteiger partial charge on any atom is 0.573 e. The topological polar surface area (TPSA) is 85.6 Å². The van der Waals surface area contributed by atoms with Crippen LogP contribution in [0, 0.1) is 0 Å². The lowest BCUT2D eigenvalue weighted by Crippen LogP contribution is -2.32. The highest BCUT2D eigenvalue weighted by Crippen LogP contribution is 2.24. The third kappa shape index (κ3) is 4.64. The van der Waals surface area contributed by atoms with Crippen molar-refractivity contribution in [2.45, 2.75) is 25.7 Å². The number of halogens is 3. The van der Waals surface area contributed by atoms with Gasteiger partial charge in [0.05, 0.1) is 12.5 Å². The molecule has 28 heavy (non-hydrogen) atoms. The van der Waals surface area contributed by atoms with E-state index >= 15 is 0 Å². The highest BCUT2D eigenvalue weighted by atomic mass is 19.4. The van der Waals surface area contributed by atoms with Crippen molar-refractivity contribution in [3.05, 3.63) is 70.3 Å². The van der Waals surface area contributed by atoms with Crippen molar-refractivity contribution in [1.29, 1.82) is 0 Å². The Balaban J connectivity index is 1.66. The molecule has 0 saturated heterocycles. The van der Waals surface area contributed by atoms with E-state index in [1.54, 1.807) is 25.1 Å². The SMILES string of the molecule is CC(NC(=O)Cc1nnc2ccccn2c1=O)c1ccc(OC(F)(F)F)cc1. The Morgan fingerprint density at radius 1 is 1.18 bits per heavy atom. The number of nitrogens with one attached hydrogen (secondary N) is 1. The third-order valence-electron chi connectivity index (χ3n) is 3.90. The molecule has 3 rings (SSSR count). The first-order chi connectivity index (χ1) is 13.2. The van der Waals surface area contributed by atoms with Gasteiger partial charge in [-0.1, -0.05) is 18.2 Å². The molecule has 2 heterocycles. The Hall–Kier alpha value is -3.43. The van der Waals surface area contributed by atoms with E-state index in [9.17, 15) is 22.8 Å². The van der Waals surface area contributed by atoms with E-state index < -0.39 is 23.9 Å². The molecule has 3 aromatic rings. The van der Waals surface area contributed by atoms with E-state index in [1.807, 2.05) is 0 Å². The molecule has 1 aromatic carbocycles. The Bertz CT molecular complexity index is 1050. The minimum atomic E-state index is -4.77. The molecule has 1 unspecified atom stereocenters. The molecule has 2 aromatic heterocycles. The predicted octanol–water partition coefficient (Wildman–Crippen LogP) is 2.41. The maximum absolute atomic E-state index is 12.3. The van der Waals surface area contributed by atoms with Gasteiger partial charge in [0.2, 0.25) is 5.91 Å². The number of hydrogen-bond donors (Lipinski definition) is 1. The zero-order chi connectivity index (χ0) is 20.3. The van der Waals surface area contributed by atoms with E-state index in [-0.39, 0.29) is 17.9 Å². The average molecular weight is 392 g/mol. The van der Waals surface area contributed by atoms with Crippen LogP contribution in [-0.2, 0) is 11.2 Å². The number of carbonyl (C=O) groups excluding carboxylic acids is 1. The summed E-state index contributed by atoms with van der Waals surface area (Å²) in [6, 6.07) is 9.64. The average Bonchev–Trinajstić information content (AvgIpc) is 2.63. The van der Waals surface area contributed by atoms with Crippen LogP contribution >= 0.6 is 0 Å². The molecular weight excluding hydrogens is 377 g/mol. The zero-order valence-electron chi connectivity index (χ0n) is 14.6. The molecule has 146 valence electrons. The van der Waals surface area contributed by atoms with Crippen molar-refractivity contribution in [3.8, 4) is 5.75 Å². The molecule has 1 amide bonds. The first-order valence-electron chi connectivity index (χ1n) is 8.21. The van der Waals surface area contributed by atoms with E-state index in [2.05, 4.69) is 20.3 Å². The molecule has 0 bridgehead atoms. The van der Waals surface area contributed by atoms with Gasteiger partial charge in [0, 0.05) is 6.20 Å². The summed E-state index contributed by atoms with van der Waals surface area (Å²) in [4.78, 5) is 24.6. The Kier molecular flexibility index (Phi) is 5.30. The molecule has 0 saturated carbocycles. The third-order valence-corrected chi connectivity index (χ3v) is 3.90. The normalized spacial score (nSPS) is 12.6. The summed E-state index contributed by atoms with van der Waals surface area (Å²) in [5.41, 5.74) is 0.486. The summed E-state index contributed by atoms with van der Waals surface area (Å²) in [5, 5.41) is 10.4. The van der Waals surface area contributed by atoms with Crippen LogP contribution in [0.4, 0.5) is 13.2 Å². The van der Waals surface area contributed by atoms with E-state index in [4.69, 9.17) is 0 Å². The molecule has 0 aliphatic carbocycles. The molecule has 0 radical (unpaired) electrons. The van der Waals surface area contributed by atoms with E-state index in [0.717, 1.165) is 12.1 Å². The molecule has 0 aliphatic rings. The van der Waals surface area contributed by atoms with E-state index in [0.29, 0.717) is 11.2 Å². The lowest BCUT2D eigenvalue weighted by molar-refractivity contribution is -0.274. The Morgan fingerprint density at radius 3 is 2.57 bits per heavy atom. The van der Waals surface area contributed by atoms with Crippen LogP contribution in [0.5, 0.6) is 5.75 Å². The number of amides is 1. The number of nitrogens with zero attached hydrogens (tertiary/aromatic N) is 3. The number of carbonyl (C=O) groups is 1. The standard InChI is InChI=1S/C18H15F3N4O3/c1-11(12-5-7-13(8-6-12)28-18(19,20)21)22-16(26)10-14-17(27)25-9-3-2-4-15(25)24-23-14/h2-9,11H,10H2,1H3,(H,22,26). The van der Waals surface area contributed by atoms with Crippen LogP contribution < -0.4 is 15.6 Å². The molecule has 0 spiro atoms. The van der Waals surface area contributed by atoms with Gasteiger partial charge in [0.1, 0.15) is 11.4 Å². The highest BCUT2D eigenvalue weighted by molar-refractivity contribution is 5.78. The van der Waals surface area contributed by atoms with Crippen LogP contribution in [0.25, 0.3) is 5.65 Å². The van der Waals surface area contributed by atoms with Gasteiger partial charge in [-0.05, 0) is 36.8 Å². The zero-order valence-corrected chi connectivity index (χ0v) is 14.6. The Labute approximate surface area is 156 Å². The first-order valence-corrected chi connectivity index (χ1v) is 8.21. The van der Waals surface area contributed by atoms with Crippen LogP contribution in [0.15, 0.2) is 53.5 Å². The number of pyridine rings is 1. The fourth-order valence-corrected chi connectivity index (χ4v) is 2.58. The fraction of sp³-hybridized carbons (Fsp3) is 0.222. The molecule has 10 heteroatoms.